The molecule has 6 aromatic rings. The highest BCUT2D eigenvalue weighted by Gasteiger charge is 2.23. The van der Waals surface area contributed by atoms with E-state index in [4.69, 9.17) is 11.0 Å². The van der Waals surface area contributed by atoms with Gasteiger partial charge in [0, 0.05) is 28.5 Å². The predicted molar refractivity (Wildman–Crippen MR) is 161 cm³/mol. The molecule has 39 heavy (non-hydrogen) atoms. The molecule has 3 heteroatoms. The average molecular weight is 508 g/mol. The van der Waals surface area contributed by atoms with E-state index in [9.17, 15) is 0 Å². The van der Waals surface area contributed by atoms with Gasteiger partial charge in [-0.25, -0.2) is 9.41 Å². The van der Waals surface area contributed by atoms with Gasteiger partial charge in [-0.2, -0.15) is 0 Å². The molecule has 0 aliphatic rings. The van der Waals surface area contributed by atoms with Crippen LogP contribution in [-0.2, 0) is 12.5 Å². The Morgan fingerprint density at radius 1 is 0.744 bits per heavy atom. The van der Waals surface area contributed by atoms with Crippen molar-refractivity contribution in [2.45, 2.75) is 33.1 Å². The standard InChI is InChI=1S/C36H31N2O/c1-23-10-19-29-33-30(37-5)21-20-28(34(33)39-35(29)32(23)31-9-7-8-22-38(31)6)26-13-11-24(12-14-26)25-15-17-27(18-16-25)36(2,3)4/h7-22H,1-4,6H3/q+1. The summed E-state index contributed by atoms with van der Waals surface area (Å²) in [5.41, 5.74) is 11.3. The molecule has 0 aliphatic heterocycles. The van der Waals surface area contributed by atoms with Gasteiger partial charge in [0.05, 0.1) is 12.1 Å². The summed E-state index contributed by atoms with van der Waals surface area (Å²) in [6, 6.07) is 31.8. The minimum atomic E-state index is 0.133. The highest BCUT2D eigenvalue weighted by molar-refractivity contribution is 6.18. The highest BCUT2D eigenvalue weighted by Crippen LogP contribution is 2.44. The van der Waals surface area contributed by atoms with Gasteiger partial charge in [0.25, 0.3) is 0 Å². The van der Waals surface area contributed by atoms with E-state index in [0.717, 1.165) is 49.9 Å². The Kier molecular flexibility index (Phi) is 5.85. The first-order chi connectivity index (χ1) is 18.8. The van der Waals surface area contributed by atoms with Crippen molar-refractivity contribution >= 4 is 27.6 Å². The number of aryl methyl sites for hydroxylation is 2. The molecular formula is C36H31N2O+. The molecule has 0 aliphatic carbocycles. The van der Waals surface area contributed by atoms with Crippen LogP contribution in [0.25, 0.3) is 60.3 Å². The number of benzene rings is 4. The lowest BCUT2D eigenvalue weighted by Crippen LogP contribution is -2.30. The van der Waals surface area contributed by atoms with Crippen LogP contribution in [0.3, 0.4) is 0 Å². The van der Waals surface area contributed by atoms with Crippen LogP contribution in [0.2, 0.25) is 0 Å². The van der Waals surface area contributed by atoms with E-state index < -0.39 is 0 Å². The Morgan fingerprint density at radius 2 is 1.41 bits per heavy atom. The molecular weight excluding hydrogens is 476 g/mol. The Morgan fingerprint density at radius 3 is 2.05 bits per heavy atom. The van der Waals surface area contributed by atoms with E-state index in [1.54, 1.807) is 0 Å². The van der Waals surface area contributed by atoms with Crippen molar-refractivity contribution in [3.63, 3.8) is 0 Å². The van der Waals surface area contributed by atoms with Gasteiger partial charge in [-0.05, 0) is 46.2 Å². The lowest BCUT2D eigenvalue weighted by molar-refractivity contribution is -0.660. The summed E-state index contributed by atoms with van der Waals surface area (Å²) in [4.78, 5) is 3.86. The molecule has 6 rings (SSSR count). The molecule has 2 aromatic heterocycles. The van der Waals surface area contributed by atoms with Gasteiger partial charge in [-0.3, -0.25) is 0 Å². The molecule has 2 heterocycles. The van der Waals surface area contributed by atoms with E-state index in [2.05, 4.69) is 104 Å². The predicted octanol–water partition coefficient (Wildman–Crippen LogP) is 9.57. The summed E-state index contributed by atoms with van der Waals surface area (Å²) < 4.78 is 8.81. The third-order valence-corrected chi connectivity index (χ3v) is 7.69. The maximum atomic E-state index is 7.87. The number of nitrogens with zero attached hydrogens (tertiary/aromatic N) is 2. The molecule has 0 saturated carbocycles. The van der Waals surface area contributed by atoms with Crippen LogP contribution in [0.5, 0.6) is 0 Å². The third kappa shape index (κ3) is 4.19. The Bertz CT molecular complexity index is 1890. The first-order valence-electron chi connectivity index (χ1n) is 13.3. The Balaban J connectivity index is 1.51. The van der Waals surface area contributed by atoms with Crippen molar-refractivity contribution in [1.82, 2.24) is 0 Å². The van der Waals surface area contributed by atoms with E-state index in [1.807, 2.05) is 37.5 Å². The number of furan rings is 1. The minimum Gasteiger partial charge on any atom is -0.456 e. The third-order valence-electron chi connectivity index (χ3n) is 7.69. The lowest BCUT2D eigenvalue weighted by Gasteiger charge is -2.19. The second-order valence-corrected chi connectivity index (χ2v) is 11.3. The van der Waals surface area contributed by atoms with Crippen molar-refractivity contribution in [2.75, 3.05) is 0 Å². The molecule has 0 saturated heterocycles. The van der Waals surface area contributed by atoms with Gasteiger partial charge in [-0.1, -0.05) is 93.6 Å². The van der Waals surface area contributed by atoms with Crippen LogP contribution in [0.15, 0.2) is 102 Å². The first kappa shape index (κ1) is 24.6. The van der Waals surface area contributed by atoms with Crippen LogP contribution in [-0.4, -0.2) is 0 Å². The Labute approximate surface area is 229 Å². The van der Waals surface area contributed by atoms with Crippen molar-refractivity contribution in [2.24, 2.45) is 7.05 Å². The molecule has 0 N–H and O–H groups in total. The number of hydrogen-bond acceptors (Lipinski definition) is 1. The van der Waals surface area contributed by atoms with Crippen LogP contribution in [0, 0.1) is 13.5 Å². The fourth-order valence-corrected chi connectivity index (χ4v) is 5.45. The number of pyridine rings is 1. The van der Waals surface area contributed by atoms with Crippen molar-refractivity contribution in [3.05, 3.63) is 120 Å². The normalized spacial score (nSPS) is 11.7. The monoisotopic (exact) mass is 507 g/mol. The molecule has 4 aromatic carbocycles. The minimum absolute atomic E-state index is 0.133. The molecule has 0 atom stereocenters. The summed E-state index contributed by atoms with van der Waals surface area (Å²) in [5, 5.41) is 1.84. The topological polar surface area (TPSA) is 21.4 Å². The van der Waals surface area contributed by atoms with Crippen LogP contribution in [0.1, 0.15) is 31.9 Å². The van der Waals surface area contributed by atoms with Crippen molar-refractivity contribution < 1.29 is 8.98 Å². The van der Waals surface area contributed by atoms with Gasteiger partial charge in [-0.15, -0.1) is 0 Å². The van der Waals surface area contributed by atoms with Crippen LogP contribution < -0.4 is 4.57 Å². The van der Waals surface area contributed by atoms with Gasteiger partial charge in [0.15, 0.2) is 11.9 Å². The van der Waals surface area contributed by atoms with Crippen molar-refractivity contribution in [1.29, 1.82) is 0 Å². The smallest absolute Gasteiger partial charge is 0.216 e. The summed E-state index contributed by atoms with van der Waals surface area (Å²) in [6.45, 7) is 16.7. The summed E-state index contributed by atoms with van der Waals surface area (Å²) in [5.74, 6) is 0. The lowest BCUT2D eigenvalue weighted by atomic mass is 9.86. The quantitative estimate of drug-likeness (QED) is 0.173. The highest BCUT2D eigenvalue weighted by atomic mass is 16.3. The number of hydrogen-bond donors (Lipinski definition) is 0. The molecule has 0 spiro atoms. The molecule has 0 fully saturated rings. The molecule has 3 nitrogen and oxygen atoms in total. The van der Waals surface area contributed by atoms with Gasteiger partial charge >= 0.3 is 0 Å². The van der Waals surface area contributed by atoms with E-state index in [0.29, 0.717) is 5.69 Å². The molecule has 190 valence electrons. The largest absolute Gasteiger partial charge is 0.456 e. The van der Waals surface area contributed by atoms with Gasteiger partial charge in [0.2, 0.25) is 5.69 Å². The average Bonchev–Trinajstić information content (AvgIpc) is 3.32. The Hall–Kier alpha value is -4.68. The number of aromatic nitrogens is 1. The summed E-state index contributed by atoms with van der Waals surface area (Å²) >= 11 is 0. The zero-order valence-corrected chi connectivity index (χ0v) is 23.0. The zero-order chi connectivity index (χ0) is 27.3. The van der Waals surface area contributed by atoms with Crippen LogP contribution >= 0.6 is 0 Å². The second-order valence-electron chi connectivity index (χ2n) is 11.3. The summed E-state index contributed by atoms with van der Waals surface area (Å²) in [6.07, 6.45) is 2.05. The SMILES string of the molecule is [C-]#[N+]c1ccc(-c2ccc(-c3ccc(C(C)(C)C)cc3)cc2)c2oc3c(-c4cccc[n+]4C)c(C)ccc3c12. The fourth-order valence-electron chi connectivity index (χ4n) is 5.45. The molecule has 0 amide bonds. The maximum Gasteiger partial charge on any atom is 0.216 e. The van der Waals surface area contributed by atoms with E-state index in [1.165, 1.54) is 16.7 Å². The van der Waals surface area contributed by atoms with E-state index >= 15 is 0 Å². The second kappa shape index (κ2) is 9.26. The maximum absolute atomic E-state index is 7.87. The van der Waals surface area contributed by atoms with Crippen molar-refractivity contribution in [3.8, 4) is 33.5 Å². The number of fused-ring (bicyclic) bond motifs is 3. The zero-order valence-electron chi connectivity index (χ0n) is 23.0. The summed E-state index contributed by atoms with van der Waals surface area (Å²) in [7, 11) is 2.05. The molecule has 0 bridgehead atoms. The number of rotatable bonds is 3. The van der Waals surface area contributed by atoms with Gasteiger partial charge in [0.1, 0.15) is 18.2 Å². The molecule has 0 unspecified atom stereocenters. The van der Waals surface area contributed by atoms with E-state index in [-0.39, 0.29) is 5.41 Å². The van der Waals surface area contributed by atoms with Crippen LogP contribution in [0.4, 0.5) is 5.69 Å². The molecule has 0 radical (unpaired) electrons. The fraction of sp³-hybridized carbons (Fsp3) is 0.167. The first-order valence-corrected chi connectivity index (χ1v) is 13.3. The van der Waals surface area contributed by atoms with Gasteiger partial charge < -0.3 is 4.42 Å².